The molecule has 0 saturated heterocycles. The number of carbonyl (C=O) groups excluding carboxylic acids is 1. The second-order valence-electron chi connectivity index (χ2n) is 4.82. The van der Waals surface area contributed by atoms with E-state index in [1.54, 1.807) is 18.2 Å². The Hall–Kier alpha value is -3.42. The third-order valence-electron chi connectivity index (χ3n) is 3.07. The van der Waals surface area contributed by atoms with E-state index in [0.717, 1.165) is 0 Å². The summed E-state index contributed by atoms with van der Waals surface area (Å²) in [6.45, 7) is 1.39. The molecule has 2 rings (SSSR count). The number of aromatic hydroxyl groups is 1. The van der Waals surface area contributed by atoms with Crippen molar-refractivity contribution in [2.24, 2.45) is 4.99 Å². The van der Waals surface area contributed by atoms with Crippen molar-refractivity contribution in [1.82, 2.24) is 0 Å². The van der Waals surface area contributed by atoms with Crippen molar-refractivity contribution in [3.63, 3.8) is 0 Å². The lowest BCUT2D eigenvalue weighted by molar-refractivity contribution is -0.384. The lowest BCUT2D eigenvalue weighted by Crippen LogP contribution is -2.06. The summed E-state index contributed by atoms with van der Waals surface area (Å²) < 4.78 is 5.19. The number of benzene rings is 2. The van der Waals surface area contributed by atoms with Crippen LogP contribution in [0.5, 0.6) is 11.5 Å². The summed E-state index contributed by atoms with van der Waals surface area (Å²) in [5.74, 6) is 0.0698. The lowest BCUT2D eigenvalue weighted by Gasteiger charge is -2.09. The quantitative estimate of drug-likeness (QED) is 0.497. The fourth-order valence-corrected chi connectivity index (χ4v) is 1.96. The molecule has 0 aliphatic heterocycles. The fraction of sp³-hybridized carbons (Fsp3) is 0.125. The van der Waals surface area contributed by atoms with Gasteiger partial charge in [0.2, 0.25) is 5.91 Å². The van der Waals surface area contributed by atoms with E-state index < -0.39 is 4.92 Å². The molecule has 0 aromatic heterocycles. The number of hydrogen-bond acceptors (Lipinski definition) is 6. The molecular weight excluding hydrogens is 314 g/mol. The molecule has 0 radical (unpaired) electrons. The van der Waals surface area contributed by atoms with Crippen LogP contribution in [0.2, 0.25) is 0 Å². The molecule has 124 valence electrons. The van der Waals surface area contributed by atoms with Crippen molar-refractivity contribution in [2.75, 3.05) is 12.4 Å². The number of nitro groups is 1. The highest BCUT2D eigenvalue weighted by molar-refractivity contribution is 5.91. The molecule has 8 nitrogen and oxygen atoms in total. The van der Waals surface area contributed by atoms with Gasteiger partial charge in [-0.3, -0.25) is 19.9 Å². The van der Waals surface area contributed by atoms with Crippen molar-refractivity contribution in [2.45, 2.75) is 6.92 Å². The van der Waals surface area contributed by atoms with Gasteiger partial charge in [-0.25, -0.2) is 0 Å². The van der Waals surface area contributed by atoms with Crippen LogP contribution in [0.25, 0.3) is 0 Å². The maximum atomic E-state index is 11.1. The molecular formula is C16H15N3O5. The predicted molar refractivity (Wildman–Crippen MR) is 89.3 cm³/mol. The molecule has 1 amide bonds. The van der Waals surface area contributed by atoms with Crippen molar-refractivity contribution < 1.29 is 19.6 Å². The van der Waals surface area contributed by atoms with Gasteiger partial charge in [-0.05, 0) is 18.2 Å². The van der Waals surface area contributed by atoms with Crippen LogP contribution in [0.3, 0.4) is 0 Å². The van der Waals surface area contributed by atoms with Crippen LogP contribution in [0.1, 0.15) is 12.5 Å². The van der Waals surface area contributed by atoms with Crippen LogP contribution in [0.4, 0.5) is 17.1 Å². The zero-order valence-corrected chi connectivity index (χ0v) is 13.0. The van der Waals surface area contributed by atoms with Crippen molar-refractivity contribution in [3.05, 3.63) is 52.1 Å². The SMILES string of the molecule is COc1cc(N=Cc2cc([N+](=O)[O-])ccc2O)ccc1NC(C)=O. The van der Waals surface area contributed by atoms with Gasteiger partial charge in [0, 0.05) is 36.9 Å². The highest BCUT2D eigenvalue weighted by Crippen LogP contribution is 2.30. The van der Waals surface area contributed by atoms with Gasteiger partial charge in [0.25, 0.3) is 5.69 Å². The van der Waals surface area contributed by atoms with Gasteiger partial charge in [-0.15, -0.1) is 0 Å². The average molecular weight is 329 g/mol. The van der Waals surface area contributed by atoms with E-state index in [9.17, 15) is 20.0 Å². The zero-order valence-electron chi connectivity index (χ0n) is 13.0. The van der Waals surface area contributed by atoms with Gasteiger partial charge in [0.05, 0.1) is 23.4 Å². The van der Waals surface area contributed by atoms with Gasteiger partial charge in [-0.2, -0.15) is 0 Å². The van der Waals surface area contributed by atoms with E-state index in [1.165, 1.54) is 38.4 Å². The van der Waals surface area contributed by atoms with E-state index in [2.05, 4.69) is 10.3 Å². The number of nitro benzene ring substituents is 1. The number of anilines is 1. The third-order valence-corrected chi connectivity index (χ3v) is 3.07. The molecule has 0 spiro atoms. The average Bonchev–Trinajstić information content (AvgIpc) is 2.54. The first-order valence-corrected chi connectivity index (χ1v) is 6.88. The van der Waals surface area contributed by atoms with Gasteiger partial charge < -0.3 is 15.2 Å². The number of methoxy groups -OCH3 is 1. The Balaban J connectivity index is 2.30. The number of ether oxygens (including phenoxy) is 1. The Morgan fingerprint density at radius 3 is 2.71 bits per heavy atom. The highest BCUT2D eigenvalue weighted by atomic mass is 16.6. The summed E-state index contributed by atoms with van der Waals surface area (Å²) in [7, 11) is 1.46. The molecule has 0 aliphatic rings. The van der Waals surface area contributed by atoms with Gasteiger partial charge in [-0.1, -0.05) is 0 Å². The van der Waals surface area contributed by atoms with Crippen LogP contribution in [0, 0.1) is 10.1 Å². The molecule has 0 bridgehead atoms. The number of non-ortho nitro benzene ring substituents is 1. The first-order valence-electron chi connectivity index (χ1n) is 6.88. The number of hydrogen-bond donors (Lipinski definition) is 2. The minimum absolute atomic E-state index is 0.119. The van der Waals surface area contributed by atoms with Gasteiger partial charge in [0.15, 0.2) is 0 Å². The van der Waals surface area contributed by atoms with Crippen molar-refractivity contribution >= 4 is 29.2 Å². The van der Waals surface area contributed by atoms with Crippen LogP contribution in [0.15, 0.2) is 41.4 Å². The second kappa shape index (κ2) is 7.23. The lowest BCUT2D eigenvalue weighted by atomic mass is 10.2. The summed E-state index contributed by atoms with van der Waals surface area (Å²) >= 11 is 0. The molecule has 8 heteroatoms. The number of nitrogens with zero attached hydrogens (tertiary/aromatic N) is 2. The number of nitrogens with one attached hydrogen (secondary N) is 1. The Morgan fingerprint density at radius 1 is 1.33 bits per heavy atom. The third kappa shape index (κ3) is 4.07. The fourth-order valence-electron chi connectivity index (χ4n) is 1.96. The van der Waals surface area contributed by atoms with Crippen LogP contribution in [-0.4, -0.2) is 29.3 Å². The molecule has 2 N–H and O–H groups in total. The van der Waals surface area contributed by atoms with E-state index in [0.29, 0.717) is 17.1 Å². The minimum atomic E-state index is -0.554. The van der Waals surface area contributed by atoms with E-state index in [1.807, 2.05) is 0 Å². The molecule has 24 heavy (non-hydrogen) atoms. The van der Waals surface area contributed by atoms with Gasteiger partial charge in [0.1, 0.15) is 11.5 Å². The molecule has 0 atom stereocenters. The summed E-state index contributed by atoms with van der Waals surface area (Å²) in [5.41, 5.74) is 1.07. The molecule has 0 aliphatic carbocycles. The Morgan fingerprint density at radius 2 is 2.08 bits per heavy atom. The second-order valence-corrected chi connectivity index (χ2v) is 4.82. The zero-order chi connectivity index (χ0) is 17.7. The number of phenolic OH excluding ortho intramolecular Hbond substituents is 1. The number of amides is 1. The van der Waals surface area contributed by atoms with Gasteiger partial charge >= 0.3 is 0 Å². The molecule has 0 saturated carbocycles. The summed E-state index contributed by atoms with van der Waals surface area (Å²) in [6.07, 6.45) is 1.31. The van der Waals surface area contributed by atoms with E-state index in [-0.39, 0.29) is 22.9 Å². The van der Waals surface area contributed by atoms with Crippen molar-refractivity contribution in [1.29, 1.82) is 0 Å². The molecule has 2 aromatic rings. The standard InChI is InChI=1S/C16H15N3O5/c1-10(20)18-14-5-3-12(8-16(14)24-2)17-9-11-7-13(19(22)23)4-6-15(11)21/h3-9,21H,1-2H3,(H,18,20). The number of phenols is 1. The molecule has 2 aromatic carbocycles. The first kappa shape index (κ1) is 16.9. The van der Waals surface area contributed by atoms with Crippen LogP contribution in [-0.2, 0) is 4.79 Å². The maximum absolute atomic E-state index is 11.1. The van der Waals surface area contributed by atoms with E-state index in [4.69, 9.17) is 4.74 Å². The Kier molecular flexibility index (Phi) is 5.10. The largest absolute Gasteiger partial charge is 0.507 e. The number of aliphatic imine (C=N–C) groups is 1. The number of rotatable bonds is 5. The maximum Gasteiger partial charge on any atom is 0.270 e. The first-order chi connectivity index (χ1) is 11.4. The number of carbonyl (C=O) groups is 1. The highest BCUT2D eigenvalue weighted by Gasteiger charge is 2.09. The monoisotopic (exact) mass is 329 g/mol. The molecule has 0 heterocycles. The van der Waals surface area contributed by atoms with E-state index >= 15 is 0 Å². The summed E-state index contributed by atoms with van der Waals surface area (Å²) in [4.78, 5) is 25.5. The molecule has 0 fully saturated rings. The minimum Gasteiger partial charge on any atom is -0.507 e. The summed E-state index contributed by atoms with van der Waals surface area (Å²) in [6, 6.07) is 8.52. The summed E-state index contributed by atoms with van der Waals surface area (Å²) in [5, 5.41) is 23.2. The predicted octanol–water partition coefficient (Wildman–Crippen LogP) is 3.02. The Labute approximate surface area is 137 Å². The Bertz CT molecular complexity index is 817. The smallest absolute Gasteiger partial charge is 0.270 e. The molecule has 0 unspecified atom stereocenters. The van der Waals surface area contributed by atoms with Crippen LogP contribution >= 0.6 is 0 Å². The van der Waals surface area contributed by atoms with Crippen molar-refractivity contribution in [3.8, 4) is 11.5 Å². The van der Waals surface area contributed by atoms with Crippen LogP contribution < -0.4 is 10.1 Å². The topological polar surface area (TPSA) is 114 Å². The normalized spacial score (nSPS) is 10.6.